The van der Waals surface area contributed by atoms with Gasteiger partial charge in [0.2, 0.25) is 0 Å². The zero-order valence-electron chi connectivity index (χ0n) is 18.9. The van der Waals surface area contributed by atoms with Gasteiger partial charge in [0.1, 0.15) is 0 Å². The average molecular weight is 473 g/mol. The fraction of sp³-hybridized carbons (Fsp3) is 0.154. The van der Waals surface area contributed by atoms with Crippen LogP contribution >= 0.6 is 7.60 Å². The lowest BCUT2D eigenvalue weighted by Gasteiger charge is -2.18. The second kappa shape index (κ2) is 10.1. The van der Waals surface area contributed by atoms with Gasteiger partial charge in [-0.1, -0.05) is 30.3 Å². The number of hydrogen-bond donors (Lipinski definition) is 2. The highest BCUT2D eigenvalue weighted by Gasteiger charge is 2.33. The second-order valence-electron chi connectivity index (χ2n) is 7.45. The molecule has 1 aliphatic rings. The Balaban J connectivity index is 1.88. The number of fused-ring (bicyclic) bond motifs is 1. The zero-order valence-corrected chi connectivity index (χ0v) is 19.8. The summed E-state index contributed by atoms with van der Waals surface area (Å²) in [6.07, 6.45) is 0. The van der Waals surface area contributed by atoms with Gasteiger partial charge in [0.25, 0.3) is 5.91 Å². The molecule has 0 spiro atoms. The maximum atomic E-state index is 13.4. The summed E-state index contributed by atoms with van der Waals surface area (Å²) in [6, 6.07) is 23.6. The molecule has 0 unspecified atom stereocenters. The van der Waals surface area contributed by atoms with E-state index in [1.54, 1.807) is 56.3 Å². The van der Waals surface area contributed by atoms with Crippen molar-refractivity contribution in [3.05, 3.63) is 89.5 Å². The minimum Gasteiger partial charge on any atom is -0.354 e. The molecule has 0 fully saturated rings. The van der Waals surface area contributed by atoms with Crippen LogP contribution in [-0.2, 0) is 18.4 Å². The van der Waals surface area contributed by atoms with Crippen molar-refractivity contribution < 1.29 is 18.4 Å². The van der Waals surface area contributed by atoms with E-state index in [1.807, 2.05) is 30.3 Å². The van der Waals surface area contributed by atoms with Crippen LogP contribution in [0.3, 0.4) is 0 Å². The molecule has 0 saturated heterocycles. The quantitative estimate of drug-likeness (QED) is 0.336. The van der Waals surface area contributed by atoms with Crippen LogP contribution in [0, 0.1) is 11.3 Å². The van der Waals surface area contributed by atoms with Gasteiger partial charge in [-0.05, 0) is 61.9 Å². The average Bonchev–Trinajstić information content (AvgIpc) is 3.18. The third-order valence-electron chi connectivity index (χ3n) is 5.26. The molecule has 3 aromatic rings. The van der Waals surface area contributed by atoms with Crippen LogP contribution in [0.2, 0.25) is 0 Å². The van der Waals surface area contributed by atoms with Crippen LogP contribution in [0.5, 0.6) is 0 Å². The normalized spacial score (nSPS) is 14.2. The Morgan fingerprint density at radius 2 is 1.68 bits per heavy atom. The fourth-order valence-electron chi connectivity index (χ4n) is 3.76. The Hall–Kier alpha value is -3.69. The molecule has 34 heavy (non-hydrogen) atoms. The highest BCUT2D eigenvalue weighted by atomic mass is 31.2. The van der Waals surface area contributed by atoms with Crippen LogP contribution in [0.25, 0.3) is 11.3 Å². The van der Waals surface area contributed by atoms with E-state index in [9.17, 15) is 9.36 Å². The van der Waals surface area contributed by atoms with Gasteiger partial charge >= 0.3 is 7.60 Å². The first kappa shape index (κ1) is 23.5. The molecule has 0 aliphatic carbocycles. The van der Waals surface area contributed by atoms with Crippen LogP contribution in [-0.4, -0.2) is 19.1 Å². The molecule has 0 aromatic heterocycles. The first-order valence-electron chi connectivity index (χ1n) is 10.9. The predicted octanol–water partition coefficient (Wildman–Crippen LogP) is 5.38. The third kappa shape index (κ3) is 4.66. The Morgan fingerprint density at radius 1 is 1.00 bits per heavy atom. The van der Waals surface area contributed by atoms with Gasteiger partial charge in [0.15, 0.2) is 0 Å². The Kier molecular flexibility index (Phi) is 6.95. The van der Waals surface area contributed by atoms with E-state index in [0.29, 0.717) is 33.4 Å². The number of carbonyl (C=O) groups excluding carboxylic acids is 1. The molecule has 0 radical (unpaired) electrons. The fourth-order valence-corrected chi connectivity index (χ4v) is 5.35. The van der Waals surface area contributed by atoms with Crippen molar-refractivity contribution in [2.45, 2.75) is 13.8 Å². The van der Waals surface area contributed by atoms with Crippen molar-refractivity contribution in [2.75, 3.05) is 23.8 Å². The monoisotopic (exact) mass is 473 g/mol. The van der Waals surface area contributed by atoms with Crippen molar-refractivity contribution in [1.29, 1.82) is 5.26 Å². The molecule has 1 heterocycles. The molecule has 7 nitrogen and oxygen atoms in total. The summed E-state index contributed by atoms with van der Waals surface area (Å²) >= 11 is 0. The van der Waals surface area contributed by atoms with Gasteiger partial charge in [0.05, 0.1) is 41.4 Å². The molecule has 2 N–H and O–H groups in total. The van der Waals surface area contributed by atoms with Gasteiger partial charge in [-0.2, -0.15) is 5.26 Å². The molecule has 1 aliphatic heterocycles. The number of rotatable bonds is 8. The third-order valence-corrected chi connectivity index (χ3v) is 7.36. The van der Waals surface area contributed by atoms with E-state index in [1.165, 1.54) is 0 Å². The molecular formula is C26H24N3O4P. The van der Waals surface area contributed by atoms with Crippen LogP contribution in [0.1, 0.15) is 30.5 Å². The minimum atomic E-state index is -3.54. The number of benzene rings is 3. The van der Waals surface area contributed by atoms with Gasteiger partial charge in [-0.25, -0.2) is 0 Å². The molecule has 3 aromatic carbocycles. The summed E-state index contributed by atoms with van der Waals surface area (Å²) < 4.78 is 24.4. The Bertz CT molecular complexity index is 1320. The van der Waals surface area contributed by atoms with Crippen molar-refractivity contribution in [3.8, 4) is 6.07 Å². The summed E-state index contributed by atoms with van der Waals surface area (Å²) in [7, 11) is -3.54. The summed E-state index contributed by atoms with van der Waals surface area (Å²) in [6.45, 7) is 3.96. The topological polar surface area (TPSA) is 100 Å². The van der Waals surface area contributed by atoms with E-state index in [4.69, 9.17) is 14.3 Å². The molecule has 8 heteroatoms. The molecule has 0 bridgehead atoms. The highest BCUT2D eigenvalue weighted by Crippen LogP contribution is 2.48. The molecule has 0 atom stereocenters. The van der Waals surface area contributed by atoms with Gasteiger partial charge < -0.3 is 19.7 Å². The predicted molar refractivity (Wildman–Crippen MR) is 134 cm³/mol. The molecule has 1 amide bonds. The smallest absolute Gasteiger partial charge is 0.354 e. The summed E-state index contributed by atoms with van der Waals surface area (Å²) in [5.41, 5.74) is 4.26. The van der Waals surface area contributed by atoms with Gasteiger partial charge in [-0.15, -0.1) is 0 Å². The molecular weight excluding hydrogens is 449 g/mol. The largest absolute Gasteiger partial charge is 0.361 e. The SMILES string of the molecule is CCOP(=O)(OCC)c1ccc2c(c1)/C(=C(/Nc1ccc(C#N)cc1)c1ccccc1)C(=O)N2. The zero-order chi connectivity index (χ0) is 24.1. The van der Waals surface area contributed by atoms with Crippen LogP contribution in [0.15, 0.2) is 72.8 Å². The molecule has 4 rings (SSSR count). The lowest BCUT2D eigenvalue weighted by atomic mass is 10.00. The van der Waals surface area contributed by atoms with E-state index >= 15 is 0 Å². The first-order valence-corrected chi connectivity index (χ1v) is 12.5. The Labute approximate surface area is 198 Å². The number of hydrogen-bond acceptors (Lipinski definition) is 6. The van der Waals surface area contributed by atoms with E-state index in [0.717, 1.165) is 11.3 Å². The maximum Gasteiger partial charge on any atom is 0.361 e. The van der Waals surface area contributed by atoms with E-state index < -0.39 is 7.60 Å². The van der Waals surface area contributed by atoms with Crippen molar-refractivity contribution >= 4 is 41.5 Å². The highest BCUT2D eigenvalue weighted by molar-refractivity contribution is 7.62. The molecule has 172 valence electrons. The number of amides is 1. The van der Waals surface area contributed by atoms with Crippen LogP contribution in [0.4, 0.5) is 11.4 Å². The number of nitriles is 1. The van der Waals surface area contributed by atoms with Gasteiger partial charge in [0, 0.05) is 16.9 Å². The maximum absolute atomic E-state index is 13.4. The number of nitrogens with zero attached hydrogens (tertiary/aromatic N) is 1. The summed E-state index contributed by atoms with van der Waals surface area (Å²) in [5, 5.41) is 15.7. The Morgan fingerprint density at radius 3 is 2.29 bits per heavy atom. The van der Waals surface area contributed by atoms with E-state index in [-0.39, 0.29) is 19.1 Å². The van der Waals surface area contributed by atoms with Crippen LogP contribution < -0.4 is 15.9 Å². The van der Waals surface area contributed by atoms with Crippen molar-refractivity contribution in [3.63, 3.8) is 0 Å². The molecule has 0 saturated carbocycles. The standard InChI is InChI=1S/C26H24N3O4P/c1-3-32-34(31,33-4-2)21-14-15-23-22(16-21)24(26(30)29-23)25(19-8-6-5-7-9-19)28-20-12-10-18(17-27)11-13-20/h5-16,28H,3-4H2,1-2H3,(H,29,30)/b25-24-. The number of carbonyl (C=O) groups is 1. The summed E-state index contributed by atoms with van der Waals surface area (Å²) in [5.74, 6) is -0.283. The lowest BCUT2D eigenvalue weighted by Crippen LogP contribution is -2.12. The van der Waals surface area contributed by atoms with Crippen molar-refractivity contribution in [2.24, 2.45) is 0 Å². The lowest BCUT2D eigenvalue weighted by molar-refractivity contribution is -0.110. The van der Waals surface area contributed by atoms with Gasteiger partial charge in [-0.3, -0.25) is 9.36 Å². The van der Waals surface area contributed by atoms with Crippen molar-refractivity contribution in [1.82, 2.24) is 0 Å². The first-order chi connectivity index (χ1) is 16.5. The minimum absolute atomic E-state index is 0.226. The number of anilines is 2. The number of nitrogens with one attached hydrogen (secondary N) is 2. The summed E-state index contributed by atoms with van der Waals surface area (Å²) in [4.78, 5) is 13.2. The second-order valence-corrected chi connectivity index (χ2v) is 9.47. The van der Waals surface area contributed by atoms with E-state index in [2.05, 4.69) is 16.7 Å².